The summed E-state index contributed by atoms with van der Waals surface area (Å²) in [4.78, 5) is 42.1. The Morgan fingerprint density at radius 3 is 2.62 bits per heavy atom. The molecule has 1 N–H and O–H groups in total. The molecule has 42 heavy (non-hydrogen) atoms. The lowest BCUT2D eigenvalue weighted by Crippen LogP contribution is -2.39. The minimum Gasteiger partial charge on any atom is -0.486 e. The lowest BCUT2D eigenvalue weighted by molar-refractivity contribution is -0.121. The number of fused-ring (bicyclic) bond motifs is 2. The van der Waals surface area contributed by atoms with Crippen molar-refractivity contribution in [2.45, 2.75) is 51.7 Å². The van der Waals surface area contributed by atoms with Crippen LogP contribution < -0.4 is 10.1 Å². The van der Waals surface area contributed by atoms with Crippen LogP contribution in [0.1, 0.15) is 40.0 Å². The number of rotatable bonds is 6. The fraction of sp³-hybridized carbons (Fsp3) is 0.419. The van der Waals surface area contributed by atoms with Gasteiger partial charge in [-0.3, -0.25) is 9.48 Å². The third kappa shape index (κ3) is 4.82. The number of amides is 2. The third-order valence-corrected chi connectivity index (χ3v) is 8.01. The van der Waals surface area contributed by atoms with Gasteiger partial charge in [0.05, 0.1) is 17.0 Å². The van der Waals surface area contributed by atoms with Crippen LogP contribution in [-0.2, 0) is 16.6 Å². The molecule has 2 amide bonds. The number of aromatic nitrogens is 5. The predicted molar refractivity (Wildman–Crippen MR) is 156 cm³/mol. The molecule has 2 atom stereocenters. The van der Waals surface area contributed by atoms with Gasteiger partial charge in [-0.25, -0.2) is 19.7 Å². The van der Waals surface area contributed by atoms with Crippen LogP contribution in [0.3, 0.4) is 0 Å². The Morgan fingerprint density at radius 1 is 1.10 bits per heavy atom. The van der Waals surface area contributed by atoms with Crippen molar-refractivity contribution in [1.82, 2.24) is 29.6 Å². The number of carbonyl (C=O) groups excluding carboxylic acids is 2. The number of nitrogens with zero attached hydrogens (tertiary/aromatic N) is 6. The summed E-state index contributed by atoms with van der Waals surface area (Å²) in [6, 6.07) is 11.7. The van der Waals surface area contributed by atoms with Gasteiger partial charge < -0.3 is 19.7 Å². The minimum atomic E-state index is -0.662. The molecule has 3 aromatic heterocycles. The number of hydrogen-bond donors (Lipinski definition) is 1. The van der Waals surface area contributed by atoms with Gasteiger partial charge in [-0.1, -0.05) is 30.3 Å². The zero-order chi connectivity index (χ0) is 29.2. The van der Waals surface area contributed by atoms with E-state index in [-0.39, 0.29) is 17.9 Å². The van der Waals surface area contributed by atoms with Gasteiger partial charge in [0.2, 0.25) is 5.91 Å². The molecular weight excluding hydrogens is 534 g/mol. The number of ether oxygens (including phenoxy) is 2. The summed E-state index contributed by atoms with van der Waals surface area (Å²) in [5, 5.41) is 7.77. The molecule has 1 aromatic carbocycles. The van der Waals surface area contributed by atoms with Gasteiger partial charge in [0.15, 0.2) is 11.6 Å². The van der Waals surface area contributed by atoms with E-state index in [9.17, 15) is 9.59 Å². The number of carbonyl (C=O) groups is 2. The van der Waals surface area contributed by atoms with Crippen molar-refractivity contribution in [1.29, 1.82) is 0 Å². The molecule has 0 radical (unpaired) electrons. The van der Waals surface area contributed by atoms with Crippen LogP contribution >= 0.6 is 0 Å². The summed E-state index contributed by atoms with van der Waals surface area (Å²) in [6.45, 7) is 6.32. The van der Waals surface area contributed by atoms with Gasteiger partial charge in [-0.05, 0) is 46.0 Å². The van der Waals surface area contributed by atoms with Gasteiger partial charge in [0, 0.05) is 43.5 Å². The van der Waals surface area contributed by atoms with E-state index in [1.807, 2.05) is 70.4 Å². The molecule has 0 spiro atoms. The standard InChI is InChI=1S/C31H33N7O4/c1-30(2,3)42-29(40)38-14-19-13-31(19,16-38)28(39)35-27-23(41-20-10-11-20)12-22-26(34-27)25(33-17-32-22)21-15-37(4)36-24(21)18-8-6-5-7-9-18/h5-9,12,15,17,19-20H,10-11,13-14,16H2,1-4H3,(H,34,35,39)/t19-,31-/m1/s1. The number of likely N-dealkylation sites (tertiary alicyclic amines) is 1. The fourth-order valence-electron chi connectivity index (χ4n) is 5.71. The second-order valence-corrected chi connectivity index (χ2v) is 12.5. The van der Waals surface area contributed by atoms with E-state index in [0.717, 1.165) is 36.1 Å². The van der Waals surface area contributed by atoms with Crippen LogP contribution in [0.4, 0.5) is 10.6 Å². The maximum atomic E-state index is 13.8. The second-order valence-electron chi connectivity index (χ2n) is 12.5. The molecule has 216 valence electrons. The highest BCUT2D eigenvalue weighted by molar-refractivity contribution is 6.01. The topological polar surface area (TPSA) is 124 Å². The van der Waals surface area contributed by atoms with Crippen molar-refractivity contribution in [2.24, 2.45) is 18.4 Å². The highest BCUT2D eigenvalue weighted by atomic mass is 16.6. The van der Waals surface area contributed by atoms with Crippen LogP contribution in [0.25, 0.3) is 33.5 Å². The molecule has 11 heteroatoms. The molecule has 0 bridgehead atoms. The van der Waals surface area contributed by atoms with Crippen molar-refractivity contribution in [3.63, 3.8) is 0 Å². The van der Waals surface area contributed by atoms with Crippen molar-refractivity contribution in [3.05, 3.63) is 48.9 Å². The number of anilines is 1. The molecule has 4 heterocycles. The molecule has 1 aliphatic heterocycles. The fourth-order valence-corrected chi connectivity index (χ4v) is 5.71. The first kappa shape index (κ1) is 26.4. The molecule has 4 aromatic rings. The number of nitrogens with one attached hydrogen (secondary N) is 1. The Hall–Kier alpha value is -4.54. The minimum absolute atomic E-state index is 0.0843. The Balaban J connectivity index is 1.23. The molecule has 3 aliphatic rings. The van der Waals surface area contributed by atoms with Gasteiger partial charge in [0.25, 0.3) is 0 Å². The summed E-state index contributed by atoms with van der Waals surface area (Å²) in [6.07, 6.45) is 5.74. The summed E-state index contributed by atoms with van der Waals surface area (Å²) in [5.41, 5.74) is 3.03. The van der Waals surface area contributed by atoms with Crippen molar-refractivity contribution in [2.75, 3.05) is 18.4 Å². The Morgan fingerprint density at radius 2 is 1.88 bits per heavy atom. The van der Waals surface area contributed by atoms with Crippen LogP contribution in [0, 0.1) is 11.3 Å². The monoisotopic (exact) mass is 567 g/mol. The quantitative estimate of drug-likeness (QED) is 0.351. The first-order valence-electron chi connectivity index (χ1n) is 14.3. The number of pyridine rings is 1. The van der Waals surface area contributed by atoms with Gasteiger partial charge in [0.1, 0.15) is 28.8 Å². The average molecular weight is 568 g/mol. The first-order valence-corrected chi connectivity index (χ1v) is 14.3. The third-order valence-electron chi connectivity index (χ3n) is 8.01. The average Bonchev–Trinajstić information content (AvgIpc) is 3.83. The van der Waals surface area contributed by atoms with Gasteiger partial charge in [-0.2, -0.15) is 5.10 Å². The molecule has 0 unspecified atom stereocenters. The van der Waals surface area contributed by atoms with Crippen LogP contribution in [0.15, 0.2) is 48.9 Å². The SMILES string of the molecule is Cn1cc(-c2ncnc3cc(OC4CC4)c(NC(=O)[C@@]45C[C@@H]4CN(C(=O)OC(C)(C)C)C5)nc23)c(-c2ccccc2)n1. The summed E-state index contributed by atoms with van der Waals surface area (Å²) >= 11 is 0. The Labute approximate surface area is 243 Å². The van der Waals surface area contributed by atoms with E-state index >= 15 is 0 Å². The van der Waals surface area contributed by atoms with Gasteiger partial charge >= 0.3 is 6.09 Å². The normalized spacial score (nSPS) is 21.2. The van der Waals surface area contributed by atoms with Crippen LogP contribution in [0.5, 0.6) is 5.75 Å². The van der Waals surface area contributed by atoms with Gasteiger partial charge in [-0.15, -0.1) is 0 Å². The number of piperidine rings is 1. The molecule has 7 rings (SSSR count). The summed E-state index contributed by atoms with van der Waals surface area (Å²) < 4.78 is 13.5. The number of benzene rings is 1. The Kier molecular flexibility index (Phi) is 5.96. The Bertz CT molecular complexity index is 1710. The molecule has 3 fully saturated rings. The largest absolute Gasteiger partial charge is 0.486 e. The van der Waals surface area contributed by atoms with E-state index in [2.05, 4.69) is 15.3 Å². The number of aryl methyl sites for hydroxylation is 1. The highest BCUT2D eigenvalue weighted by Gasteiger charge is 2.66. The lowest BCUT2D eigenvalue weighted by Gasteiger charge is -2.26. The smallest absolute Gasteiger partial charge is 0.410 e. The maximum Gasteiger partial charge on any atom is 0.410 e. The van der Waals surface area contributed by atoms with E-state index in [0.29, 0.717) is 41.4 Å². The highest BCUT2D eigenvalue weighted by Crippen LogP contribution is 2.58. The zero-order valence-electron chi connectivity index (χ0n) is 24.1. The molecule has 11 nitrogen and oxygen atoms in total. The molecule has 2 aliphatic carbocycles. The van der Waals surface area contributed by atoms with E-state index < -0.39 is 17.1 Å². The zero-order valence-corrected chi connectivity index (χ0v) is 24.1. The van der Waals surface area contributed by atoms with E-state index in [1.54, 1.807) is 9.58 Å². The summed E-state index contributed by atoms with van der Waals surface area (Å²) in [5.74, 6) is 0.723. The molecular formula is C31H33N7O4. The van der Waals surface area contributed by atoms with Crippen molar-refractivity contribution in [3.8, 4) is 28.3 Å². The molecule has 1 saturated heterocycles. The van der Waals surface area contributed by atoms with Crippen LogP contribution in [0.2, 0.25) is 0 Å². The second kappa shape index (κ2) is 9.50. The number of hydrogen-bond acceptors (Lipinski definition) is 8. The predicted octanol–water partition coefficient (Wildman–Crippen LogP) is 4.83. The van der Waals surface area contributed by atoms with E-state index in [4.69, 9.17) is 19.6 Å². The molecule has 2 saturated carbocycles. The van der Waals surface area contributed by atoms with Crippen LogP contribution in [-0.4, -0.2) is 66.4 Å². The maximum absolute atomic E-state index is 13.8. The lowest BCUT2D eigenvalue weighted by atomic mass is 10.0. The van der Waals surface area contributed by atoms with E-state index in [1.165, 1.54) is 6.33 Å². The van der Waals surface area contributed by atoms with Crippen molar-refractivity contribution < 1.29 is 19.1 Å². The first-order chi connectivity index (χ1) is 20.1. The van der Waals surface area contributed by atoms with Crippen molar-refractivity contribution >= 4 is 28.9 Å². The summed E-state index contributed by atoms with van der Waals surface area (Å²) in [7, 11) is 1.87.